The van der Waals surface area contributed by atoms with Crippen LogP contribution in [0.25, 0.3) is 0 Å². The van der Waals surface area contributed by atoms with Gasteiger partial charge in [-0.3, -0.25) is 4.79 Å². The summed E-state index contributed by atoms with van der Waals surface area (Å²) in [5.41, 5.74) is 2.63. The van der Waals surface area contributed by atoms with Gasteiger partial charge in [-0.05, 0) is 55.7 Å². The van der Waals surface area contributed by atoms with Crippen LogP contribution in [0.4, 0.5) is 0 Å². The highest BCUT2D eigenvalue weighted by Crippen LogP contribution is 2.30. The Morgan fingerprint density at radius 1 is 1.28 bits per heavy atom. The van der Waals surface area contributed by atoms with Crippen molar-refractivity contribution in [2.75, 3.05) is 6.54 Å². The second-order valence-corrected chi connectivity index (χ2v) is 8.15. The number of phenols is 1. The van der Waals surface area contributed by atoms with E-state index >= 15 is 0 Å². The molecule has 0 saturated carbocycles. The first-order chi connectivity index (χ1) is 13.8. The number of nitrogens with zero attached hydrogens (tertiary/aromatic N) is 2. The Balaban J connectivity index is 2.31. The van der Waals surface area contributed by atoms with Crippen molar-refractivity contribution in [3.05, 3.63) is 75.3 Å². The molecule has 2 aromatic carbocycles. The van der Waals surface area contributed by atoms with Gasteiger partial charge in [0.25, 0.3) is 5.91 Å². The Hall–Kier alpha value is -2.44. The van der Waals surface area contributed by atoms with Gasteiger partial charge in [0.2, 0.25) is 0 Å². The number of nitrogens with two attached hydrogens (primary N) is 1. The number of benzene rings is 2. The number of rotatable bonds is 7. The number of aromatic hydroxyl groups is 1. The van der Waals surface area contributed by atoms with Crippen LogP contribution in [0.1, 0.15) is 46.8 Å². The van der Waals surface area contributed by atoms with E-state index in [1.165, 1.54) is 11.8 Å². The maximum absolute atomic E-state index is 13.1. The average Bonchev–Trinajstić information content (AvgIpc) is 2.70. The number of phenolic OH excluding ortho intramolecular Hbond substituents is 1. The van der Waals surface area contributed by atoms with Crippen molar-refractivity contribution in [3.63, 3.8) is 0 Å². The molecule has 0 radical (unpaired) electrons. The van der Waals surface area contributed by atoms with Gasteiger partial charge in [-0.2, -0.15) is 5.10 Å². The minimum Gasteiger partial charge on any atom is -0.507 e. The summed E-state index contributed by atoms with van der Waals surface area (Å²) in [6.07, 6.45) is 1.75. The summed E-state index contributed by atoms with van der Waals surface area (Å²) in [7, 11) is 0. The largest absolute Gasteiger partial charge is 0.507 e. The lowest BCUT2D eigenvalue weighted by molar-refractivity contribution is 0.0816. The van der Waals surface area contributed by atoms with Crippen LogP contribution in [-0.2, 0) is 0 Å². The third-order valence-electron chi connectivity index (χ3n) is 4.46. The molecule has 0 bridgehead atoms. The quantitative estimate of drug-likeness (QED) is 0.265. The molecule has 7 heteroatoms. The number of unbranched alkanes of at least 4 members (excludes halogenated alkanes) is 1. The molecule has 3 N–H and O–H groups in total. The third kappa shape index (κ3) is 5.55. The summed E-state index contributed by atoms with van der Waals surface area (Å²) in [4.78, 5) is 14.7. The molecule has 2 aromatic rings. The number of hydrogen-bond acceptors (Lipinski definition) is 5. The van der Waals surface area contributed by atoms with E-state index in [-0.39, 0.29) is 11.7 Å². The first-order valence-electron chi connectivity index (χ1n) is 9.31. The van der Waals surface area contributed by atoms with Crippen molar-refractivity contribution in [1.29, 1.82) is 0 Å². The van der Waals surface area contributed by atoms with Gasteiger partial charge in [0.05, 0.1) is 15.6 Å². The molecule has 0 spiro atoms. The monoisotopic (exact) mass is 431 g/mol. The molecule has 0 heterocycles. The summed E-state index contributed by atoms with van der Waals surface area (Å²) in [6.45, 7) is 10.3. The maximum atomic E-state index is 13.1. The molecule has 2 rings (SSSR count). The smallest absolute Gasteiger partial charge is 0.260 e. The fourth-order valence-corrected chi connectivity index (χ4v) is 3.85. The normalized spacial score (nSPS) is 11.4. The van der Waals surface area contributed by atoms with Crippen LogP contribution >= 0.6 is 23.4 Å². The number of hydrogen-bond donors (Lipinski definition) is 2. The predicted molar refractivity (Wildman–Crippen MR) is 122 cm³/mol. The van der Waals surface area contributed by atoms with Gasteiger partial charge in [-0.1, -0.05) is 55.4 Å². The topological polar surface area (TPSA) is 78.9 Å². The number of thioether (sulfide) groups is 1. The Labute approximate surface area is 181 Å². The van der Waals surface area contributed by atoms with Crippen molar-refractivity contribution in [2.24, 2.45) is 10.9 Å². The zero-order valence-corrected chi connectivity index (χ0v) is 18.5. The van der Waals surface area contributed by atoms with E-state index < -0.39 is 0 Å². The van der Waals surface area contributed by atoms with E-state index in [0.717, 1.165) is 29.5 Å². The van der Waals surface area contributed by atoms with Crippen LogP contribution in [0.15, 0.2) is 53.1 Å². The van der Waals surface area contributed by atoms with Crippen LogP contribution in [0.3, 0.4) is 0 Å². The van der Waals surface area contributed by atoms with Gasteiger partial charge in [-0.25, -0.2) is 0 Å². The molecular weight excluding hydrogens is 406 g/mol. The first kappa shape index (κ1) is 22.8. The Morgan fingerprint density at radius 2 is 1.90 bits per heavy atom. The fourth-order valence-electron chi connectivity index (χ4n) is 2.84. The lowest BCUT2D eigenvalue weighted by atomic mass is 10.1. The third-order valence-corrected chi connectivity index (χ3v) is 5.78. The Morgan fingerprint density at radius 3 is 2.45 bits per heavy atom. The molecular formula is C22H26ClN3O2S. The van der Waals surface area contributed by atoms with Crippen molar-refractivity contribution in [3.8, 4) is 5.75 Å². The van der Waals surface area contributed by atoms with Gasteiger partial charge in [-0.15, -0.1) is 0 Å². The van der Waals surface area contributed by atoms with Crippen LogP contribution in [-0.4, -0.2) is 27.5 Å². The SMILES string of the molecule is C=C(S/C(=N\N)c1cc(C)c(O)c(C)c1)N(CCCC)C(=O)c1ccccc1Cl. The van der Waals surface area contributed by atoms with Crippen molar-refractivity contribution < 1.29 is 9.90 Å². The van der Waals surface area contributed by atoms with Gasteiger partial charge < -0.3 is 15.8 Å². The van der Waals surface area contributed by atoms with Gasteiger partial charge in [0.15, 0.2) is 0 Å². The maximum Gasteiger partial charge on any atom is 0.260 e. The van der Waals surface area contributed by atoms with E-state index in [9.17, 15) is 9.90 Å². The average molecular weight is 432 g/mol. The van der Waals surface area contributed by atoms with Crippen molar-refractivity contribution >= 4 is 34.3 Å². The minimum atomic E-state index is -0.212. The van der Waals surface area contributed by atoms with Gasteiger partial charge >= 0.3 is 0 Å². The summed E-state index contributed by atoms with van der Waals surface area (Å²) in [5.74, 6) is 5.67. The highest BCUT2D eigenvalue weighted by atomic mass is 35.5. The number of carbonyl (C=O) groups excluding carboxylic acids is 1. The van der Waals surface area contributed by atoms with E-state index in [1.54, 1.807) is 41.3 Å². The second-order valence-electron chi connectivity index (χ2n) is 6.68. The summed E-state index contributed by atoms with van der Waals surface area (Å²) < 4.78 is 0. The second kappa shape index (κ2) is 10.4. The minimum absolute atomic E-state index is 0.212. The lowest BCUT2D eigenvalue weighted by Crippen LogP contribution is -2.30. The number of hydrazone groups is 1. The van der Waals surface area contributed by atoms with E-state index in [1.807, 2.05) is 13.8 Å². The molecule has 29 heavy (non-hydrogen) atoms. The zero-order chi connectivity index (χ0) is 21.6. The molecule has 1 amide bonds. The van der Waals surface area contributed by atoms with Gasteiger partial charge in [0.1, 0.15) is 10.8 Å². The van der Waals surface area contributed by atoms with Crippen LogP contribution in [0, 0.1) is 13.8 Å². The first-order valence-corrected chi connectivity index (χ1v) is 10.5. The fraction of sp³-hybridized carbons (Fsp3) is 0.273. The molecule has 0 aliphatic carbocycles. The number of amides is 1. The highest BCUT2D eigenvalue weighted by molar-refractivity contribution is 8.17. The van der Waals surface area contributed by atoms with Gasteiger partial charge in [0, 0.05) is 12.1 Å². The number of carbonyl (C=O) groups is 1. The zero-order valence-electron chi connectivity index (χ0n) is 16.9. The summed E-state index contributed by atoms with van der Waals surface area (Å²) in [5, 5.41) is 15.3. The van der Waals surface area contributed by atoms with Crippen LogP contribution < -0.4 is 5.84 Å². The number of aryl methyl sites for hydroxylation is 2. The molecule has 0 aliphatic rings. The lowest BCUT2D eigenvalue weighted by Gasteiger charge is -2.25. The molecule has 0 aromatic heterocycles. The van der Waals surface area contributed by atoms with E-state index in [0.29, 0.717) is 27.2 Å². The standard InChI is InChI=1S/C22H26ClN3O2S/c1-5-6-11-26(22(28)18-9-7-8-10-19(18)23)16(4)29-21(25-24)17-12-14(2)20(27)15(3)13-17/h7-10,12-13,27H,4-6,11,24H2,1-3H3/b25-21-. The van der Waals surface area contributed by atoms with E-state index in [4.69, 9.17) is 17.4 Å². The summed E-state index contributed by atoms with van der Waals surface area (Å²) in [6, 6.07) is 10.6. The number of halogens is 1. The molecule has 0 atom stereocenters. The molecule has 0 saturated heterocycles. The Kier molecular flexibility index (Phi) is 8.17. The highest BCUT2D eigenvalue weighted by Gasteiger charge is 2.22. The van der Waals surface area contributed by atoms with Crippen molar-refractivity contribution in [2.45, 2.75) is 33.6 Å². The molecule has 154 valence electrons. The molecule has 0 aliphatic heterocycles. The van der Waals surface area contributed by atoms with Crippen LogP contribution in [0.2, 0.25) is 5.02 Å². The van der Waals surface area contributed by atoms with E-state index in [2.05, 4.69) is 18.6 Å². The van der Waals surface area contributed by atoms with Crippen LogP contribution in [0.5, 0.6) is 5.75 Å². The molecule has 0 unspecified atom stereocenters. The predicted octanol–water partition coefficient (Wildman–Crippen LogP) is 5.43. The molecule has 0 fully saturated rings. The Bertz CT molecular complexity index is 920. The van der Waals surface area contributed by atoms with Crippen molar-refractivity contribution in [1.82, 2.24) is 4.90 Å². The summed E-state index contributed by atoms with van der Waals surface area (Å²) >= 11 is 7.45. The molecule has 5 nitrogen and oxygen atoms in total.